The van der Waals surface area contributed by atoms with Gasteiger partial charge >= 0.3 is 0 Å². The molecule has 1 amide bonds. The molecule has 0 fully saturated rings. The number of rotatable bonds is 4. The van der Waals surface area contributed by atoms with Gasteiger partial charge in [0.1, 0.15) is 5.75 Å². The number of nitrogens with zero attached hydrogens (tertiary/aromatic N) is 1. The highest BCUT2D eigenvalue weighted by Gasteiger charge is 2.12. The van der Waals surface area contributed by atoms with Crippen LogP contribution >= 0.6 is 0 Å². The van der Waals surface area contributed by atoms with Crippen molar-refractivity contribution in [3.05, 3.63) is 18.2 Å². The molecule has 0 radical (unpaired) electrons. The van der Waals surface area contributed by atoms with E-state index in [0.717, 1.165) is 6.42 Å². The van der Waals surface area contributed by atoms with Crippen molar-refractivity contribution in [2.45, 2.75) is 20.3 Å². The quantitative estimate of drug-likeness (QED) is 0.793. The molecule has 0 aliphatic heterocycles. The average molecular weight is 222 g/mol. The lowest BCUT2D eigenvalue weighted by Crippen LogP contribution is -2.23. The van der Waals surface area contributed by atoms with Crippen LogP contribution in [0, 0.1) is 0 Å². The maximum Gasteiger partial charge on any atom is 0.223 e. The van der Waals surface area contributed by atoms with Crippen LogP contribution in [0.25, 0.3) is 0 Å². The summed E-state index contributed by atoms with van der Waals surface area (Å²) in [5.74, 6) is 0.640. The summed E-state index contributed by atoms with van der Waals surface area (Å²) < 4.78 is 5.56. The summed E-state index contributed by atoms with van der Waals surface area (Å²) in [6.07, 6.45) is 0.924. The van der Waals surface area contributed by atoms with Crippen LogP contribution in [-0.4, -0.2) is 19.6 Å². The Labute approximate surface area is 96.0 Å². The van der Waals surface area contributed by atoms with Crippen molar-refractivity contribution in [3.8, 4) is 5.75 Å². The third-order valence-electron chi connectivity index (χ3n) is 2.28. The smallest absolute Gasteiger partial charge is 0.223 e. The van der Waals surface area contributed by atoms with Crippen LogP contribution in [0.3, 0.4) is 0 Å². The predicted octanol–water partition coefficient (Wildman–Crippen LogP) is 2.04. The van der Waals surface area contributed by atoms with Gasteiger partial charge in [0.05, 0.1) is 12.3 Å². The topological polar surface area (TPSA) is 55.6 Å². The van der Waals surface area contributed by atoms with Crippen molar-refractivity contribution in [3.63, 3.8) is 0 Å². The lowest BCUT2D eigenvalue weighted by Gasteiger charge is -2.19. The highest BCUT2D eigenvalue weighted by molar-refractivity contribution is 5.93. The van der Waals surface area contributed by atoms with Gasteiger partial charge < -0.3 is 15.4 Å². The fourth-order valence-electron chi connectivity index (χ4n) is 1.30. The monoisotopic (exact) mass is 222 g/mol. The number of carbonyl (C=O) groups excluding carboxylic acids is 1. The Balaban J connectivity index is 3.02. The second-order valence-corrected chi connectivity index (χ2v) is 3.65. The van der Waals surface area contributed by atoms with Crippen LogP contribution in [0.5, 0.6) is 5.75 Å². The third kappa shape index (κ3) is 2.89. The molecule has 4 heteroatoms. The van der Waals surface area contributed by atoms with Crippen molar-refractivity contribution >= 4 is 17.3 Å². The second kappa shape index (κ2) is 5.39. The minimum atomic E-state index is -0.0491. The van der Waals surface area contributed by atoms with E-state index in [2.05, 4.69) is 0 Å². The number of carbonyl (C=O) groups is 1. The van der Waals surface area contributed by atoms with Gasteiger partial charge in [-0.25, -0.2) is 0 Å². The molecule has 0 saturated carbocycles. The molecule has 0 aliphatic rings. The van der Waals surface area contributed by atoms with Crippen LogP contribution in [0.4, 0.5) is 11.4 Å². The third-order valence-corrected chi connectivity index (χ3v) is 2.28. The maximum absolute atomic E-state index is 11.3. The Hall–Kier alpha value is -1.71. The molecule has 88 valence electrons. The number of amides is 1. The molecule has 0 bridgehead atoms. The van der Waals surface area contributed by atoms with Crippen LogP contribution < -0.4 is 15.4 Å². The van der Waals surface area contributed by atoms with Crippen LogP contribution in [0.1, 0.15) is 20.3 Å². The van der Waals surface area contributed by atoms with E-state index in [-0.39, 0.29) is 5.91 Å². The minimum absolute atomic E-state index is 0.0491. The zero-order valence-corrected chi connectivity index (χ0v) is 9.99. The molecule has 0 heterocycles. The van der Waals surface area contributed by atoms with Crippen LogP contribution in [0.15, 0.2) is 18.2 Å². The number of nitrogens with two attached hydrogens (primary N) is 1. The summed E-state index contributed by atoms with van der Waals surface area (Å²) in [4.78, 5) is 12.8. The standard InChI is InChI=1S/C12H18N2O2/c1-4-7-16-12-6-5-10(13)8-11(12)14(3)9(2)15/h5-6,8H,4,7,13H2,1-3H3. The van der Waals surface area contributed by atoms with Crippen molar-refractivity contribution in [1.82, 2.24) is 0 Å². The number of hydrogen-bond donors (Lipinski definition) is 1. The van der Waals surface area contributed by atoms with E-state index in [1.807, 2.05) is 6.92 Å². The van der Waals surface area contributed by atoms with Gasteiger partial charge in [-0.3, -0.25) is 4.79 Å². The fraction of sp³-hybridized carbons (Fsp3) is 0.417. The first-order valence-corrected chi connectivity index (χ1v) is 5.33. The first-order chi connectivity index (χ1) is 7.56. The van der Waals surface area contributed by atoms with Gasteiger partial charge in [-0.05, 0) is 24.6 Å². The molecule has 4 nitrogen and oxygen atoms in total. The average Bonchev–Trinajstić information content (AvgIpc) is 2.26. The first-order valence-electron chi connectivity index (χ1n) is 5.33. The zero-order valence-electron chi connectivity index (χ0n) is 9.99. The molecule has 0 aromatic heterocycles. The maximum atomic E-state index is 11.3. The molecule has 0 unspecified atom stereocenters. The van der Waals surface area contributed by atoms with Gasteiger partial charge in [-0.15, -0.1) is 0 Å². The molecule has 1 aromatic rings. The summed E-state index contributed by atoms with van der Waals surface area (Å²) in [5.41, 5.74) is 7.03. The summed E-state index contributed by atoms with van der Waals surface area (Å²) in [7, 11) is 1.70. The van der Waals surface area contributed by atoms with Gasteiger partial charge in [0, 0.05) is 19.7 Å². The van der Waals surface area contributed by atoms with Crippen molar-refractivity contribution < 1.29 is 9.53 Å². The fourth-order valence-corrected chi connectivity index (χ4v) is 1.30. The summed E-state index contributed by atoms with van der Waals surface area (Å²) >= 11 is 0. The highest BCUT2D eigenvalue weighted by Crippen LogP contribution is 2.30. The number of ether oxygens (including phenoxy) is 1. The van der Waals surface area contributed by atoms with Gasteiger partial charge in [0.25, 0.3) is 0 Å². The van der Waals surface area contributed by atoms with E-state index in [1.54, 1.807) is 25.2 Å². The summed E-state index contributed by atoms with van der Waals surface area (Å²) in [6, 6.07) is 5.30. The van der Waals surface area contributed by atoms with Gasteiger partial charge in [-0.1, -0.05) is 6.92 Å². The second-order valence-electron chi connectivity index (χ2n) is 3.65. The molecule has 0 saturated heterocycles. The van der Waals surface area contributed by atoms with E-state index in [0.29, 0.717) is 23.7 Å². The number of hydrogen-bond acceptors (Lipinski definition) is 3. The Morgan fingerprint density at radius 1 is 1.50 bits per heavy atom. The van der Waals surface area contributed by atoms with E-state index in [9.17, 15) is 4.79 Å². The van der Waals surface area contributed by atoms with Crippen molar-refractivity contribution in [2.24, 2.45) is 0 Å². The van der Waals surface area contributed by atoms with Crippen LogP contribution in [0.2, 0.25) is 0 Å². The largest absolute Gasteiger partial charge is 0.491 e. The van der Waals surface area contributed by atoms with Gasteiger partial charge in [0.15, 0.2) is 0 Å². The molecule has 0 aliphatic carbocycles. The van der Waals surface area contributed by atoms with Gasteiger partial charge in [-0.2, -0.15) is 0 Å². The lowest BCUT2D eigenvalue weighted by atomic mass is 10.2. The van der Waals surface area contributed by atoms with E-state index < -0.39 is 0 Å². The number of nitrogen functional groups attached to an aromatic ring is 1. The first kappa shape index (κ1) is 12.4. The highest BCUT2D eigenvalue weighted by atomic mass is 16.5. The lowest BCUT2D eigenvalue weighted by molar-refractivity contribution is -0.116. The Kier molecular flexibility index (Phi) is 4.17. The Morgan fingerprint density at radius 3 is 2.75 bits per heavy atom. The van der Waals surface area contributed by atoms with Gasteiger partial charge in [0.2, 0.25) is 5.91 Å². The molecular formula is C12H18N2O2. The van der Waals surface area contributed by atoms with E-state index in [1.165, 1.54) is 11.8 Å². The molecule has 1 aromatic carbocycles. The molecule has 1 rings (SSSR count). The molecule has 0 spiro atoms. The Morgan fingerprint density at radius 2 is 2.19 bits per heavy atom. The SMILES string of the molecule is CCCOc1ccc(N)cc1N(C)C(C)=O. The minimum Gasteiger partial charge on any atom is -0.491 e. The van der Waals surface area contributed by atoms with E-state index >= 15 is 0 Å². The Bertz CT molecular complexity index is 377. The number of anilines is 2. The number of benzene rings is 1. The van der Waals surface area contributed by atoms with Crippen LogP contribution in [-0.2, 0) is 4.79 Å². The van der Waals surface area contributed by atoms with Crippen molar-refractivity contribution in [1.29, 1.82) is 0 Å². The summed E-state index contributed by atoms with van der Waals surface area (Å²) in [5, 5.41) is 0. The molecule has 0 atom stereocenters. The predicted molar refractivity (Wildman–Crippen MR) is 65.7 cm³/mol. The van der Waals surface area contributed by atoms with E-state index in [4.69, 9.17) is 10.5 Å². The zero-order chi connectivity index (χ0) is 12.1. The summed E-state index contributed by atoms with van der Waals surface area (Å²) in [6.45, 7) is 4.17. The van der Waals surface area contributed by atoms with Crippen molar-refractivity contribution in [2.75, 3.05) is 24.3 Å². The normalized spacial score (nSPS) is 9.94. The molecule has 2 N–H and O–H groups in total. The molecule has 16 heavy (non-hydrogen) atoms. The molecular weight excluding hydrogens is 204 g/mol.